The summed E-state index contributed by atoms with van der Waals surface area (Å²) in [5.41, 5.74) is 2.76. The number of nitrogens with zero attached hydrogens (tertiary/aromatic N) is 4. The minimum atomic E-state index is -0.0887. The molecule has 0 aliphatic heterocycles. The quantitative estimate of drug-likeness (QED) is 0.472. The number of thiophene rings is 1. The summed E-state index contributed by atoms with van der Waals surface area (Å²) in [6.45, 7) is 2.09. The highest BCUT2D eigenvalue weighted by Gasteiger charge is 2.13. The van der Waals surface area contributed by atoms with Gasteiger partial charge in [-0.05, 0) is 29.8 Å². The fraction of sp³-hybridized carbons (Fsp3) is 0.227. The van der Waals surface area contributed by atoms with Crippen LogP contribution in [0.5, 0.6) is 0 Å². The zero-order valence-corrected chi connectivity index (χ0v) is 17.7. The molecule has 154 valence electrons. The van der Waals surface area contributed by atoms with Gasteiger partial charge in [0.15, 0.2) is 0 Å². The van der Waals surface area contributed by atoms with Crippen LogP contribution in [0.2, 0.25) is 0 Å². The van der Waals surface area contributed by atoms with E-state index in [1.807, 2.05) is 49.2 Å². The van der Waals surface area contributed by atoms with Gasteiger partial charge >= 0.3 is 0 Å². The van der Waals surface area contributed by atoms with Crippen LogP contribution in [0.25, 0.3) is 21.1 Å². The highest BCUT2D eigenvalue weighted by molar-refractivity contribution is 7.18. The molecule has 4 aromatic rings. The van der Waals surface area contributed by atoms with Crippen molar-refractivity contribution in [3.05, 3.63) is 72.6 Å². The summed E-state index contributed by atoms with van der Waals surface area (Å²) in [5.74, 6) is 0.822. The number of hydrogen-bond donors (Lipinski definition) is 1. The molecule has 4 rings (SSSR count). The molecule has 0 fully saturated rings. The molecule has 0 bridgehead atoms. The number of benzene rings is 1. The molecule has 0 atom stereocenters. The lowest BCUT2D eigenvalue weighted by molar-refractivity contribution is 0.0963. The van der Waals surface area contributed by atoms with E-state index in [-0.39, 0.29) is 5.91 Å². The molecule has 1 N–H and O–H groups in total. The van der Waals surface area contributed by atoms with Gasteiger partial charge in [-0.2, -0.15) is 0 Å². The van der Waals surface area contributed by atoms with Gasteiger partial charge in [0.1, 0.15) is 5.82 Å². The lowest BCUT2D eigenvalue weighted by Gasteiger charge is -2.10. The summed E-state index contributed by atoms with van der Waals surface area (Å²) in [7, 11) is 3.34. The Bertz CT molecular complexity index is 1140. The molecule has 0 saturated heterocycles. The second kappa shape index (κ2) is 9.06. The second-order valence-electron chi connectivity index (χ2n) is 6.77. The molecule has 1 aromatic carbocycles. The molecule has 7 nitrogen and oxygen atoms in total. The van der Waals surface area contributed by atoms with Crippen LogP contribution in [0, 0.1) is 0 Å². The van der Waals surface area contributed by atoms with Gasteiger partial charge in [0.25, 0.3) is 5.91 Å². The third kappa shape index (κ3) is 4.19. The third-order valence-electron chi connectivity index (χ3n) is 4.85. The molecular formula is C22H23N5O2S. The monoisotopic (exact) mass is 421 g/mol. The van der Waals surface area contributed by atoms with Crippen LogP contribution in [0.3, 0.4) is 0 Å². The first-order valence-corrected chi connectivity index (χ1v) is 10.4. The van der Waals surface area contributed by atoms with Crippen molar-refractivity contribution in [3.8, 4) is 21.1 Å². The molecular weight excluding hydrogens is 398 g/mol. The van der Waals surface area contributed by atoms with Gasteiger partial charge in [0.05, 0.1) is 30.1 Å². The number of aromatic nitrogens is 4. The number of carbonyl (C=O) groups is 1. The molecule has 3 aromatic heterocycles. The Kier molecular flexibility index (Phi) is 6.06. The average Bonchev–Trinajstić information content (AvgIpc) is 3.53. The van der Waals surface area contributed by atoms with Crippen molar-refractivity contribution in [2.24, 2.45) is 0 Å². The minimum Gasteiger partial charge on any atom is -0.383 e. The number of hydrogen-bond acceptors (Lipinski definition) is 5. The average molecular weight is 422 g/mol. The van der Waals surface area contributed by atoms with Gasteiger partial charge in [-0.3, -0.25) is 4.79 Å². The maximum Gasteiger partial charge on any atom is 0.251 e. The fourth-order valence-electron chi connectivity index (χ4n) is 3.28. The van der Waals surface area contributed by atoms with E-state index < -0.39 is 0 Å². The number of nitrogens with one attached hydrogen (secondary N) is 1. The van der Waals surface area contributed by atoms with E-state index in [4.69, 9.17) is 4.74 Å². The minimum absolute atomic E-state index is 0.0887. The molecule has 30 heavy (non-hydrogen) atoms. The van der Waals surface area contributed by atoms with Crippen LogP contribution in [-0.2, 0) is 17.8 Å². The van der Waals surface area contributed by atoms with Crippen LogP contribution < -0.4 is 5.32 Å². The zero-order chi connectivity index (χ0) is 20.9. The summed E-state index contributed by atoms with van der Waals surface area (Å²) in [6.07, 6.45) is 7.50. The Labute approximate surface area is 179 Å². The Morgan fingerprint density at radius 2 is 2.07 bits per heavy atom. The highest BCUT2D eigenvalue weighted by Crippen LogP contribution is 2.34. The first-order valence-electron chi connectivity index (χ1n) is 9.61. The number of imidazole rings is 2. The second-order valence-corrected chi connectivity index (χ2v) is 7.86. The standard InChI is InChI=1S/C22H23N5O2S/c1-23-22(28)17-5-3-4-16(12-17)19-6-7-20(30-19)21-25-8-9-26(21)14-18-13-24-15-27(18)10-11-29-2/h3-9,12-13,15H,10-11,14H2,1-2H3,(H,23,28). The number of ether oxygens (including phenoxy) is 1. The summed E-state index contributed by atoms with van der Waals surface area (Å²) < 4.78 is 9.40. The van der Waals surface area contributed by atoms with Crippen LogP contribution in [-0.4, -0.2) is 45.8 Å². The molecule has 3 heterocycles. The van der Waals surface area contributed by atoms with E-state index in [2.05, 4.69) is 36.6 Å². The van der Waals surface area contributed by atoms with E-state index in [9.17, 15) is 4.79 Å². The van der Waals surface area contributed by atoms with Crippen molar-refractivity contribution < 1.29 is 9.53 Å². The number of amides is 1. The fourth-order valence-corrected chi connectivity index (χ4v) is 4.29. The molecule has 0 aliphatic rings. The Hall–Kier alpha value is -3.23. The maximum atomic E-state index is 11.9. The van der Waals surface area contributed by atoms with Gasteiger partial charge in [0.2, 0.25) is 0 Å². The van der Waals surface area contributed by atoms with Crippen LogP contribution in [0.4, 0.5) is 0 Å². The Morgan fingerprint density at radius 3 is 2.90 bits per heavy atom. The Morgan fingerprint density at radius 1 is 1.20 bits per heavy atom. The van der Waals surface area contributed by atoms with Crippen molar-refractivity contribution in [2.75, 3.05) is 20.8 Å². The number of methoxy groups -OCH3 is 1. The van der Waals surface area contributed by atoms with Gasteiger partial charge in [-0.1, -0.05) is 12.1 Å². The van der Waals surface area contributed by atoms with Crippen molar-refractivity contribution in [2.45, 2.75) is 13.1 Å². The third-order valence-corrected chi connectivity index (χ3v) is 5.98. The van der Waals surface area contributed by atoms with E-state index in [0.29, 0.717) is 18.7 Å². The van der Waals surface area contributed by atoms with Gasteiger partial charge in [-0.15, -0.1) is 11.3 Å². The van der Waals surface area contributed by atoms with E-state index in [1.165, 1.54) is 0 Å². The molecule has 1 amide bonds. The van der Waals surface area contributed by atoms with Crippen molar-refractivity contribution in [1.29, 1.82) is 0 Å². The zero-order valence-electron chi connectivity index (χ0n) is 16.9. The van der Waals surface area contributed by atoms with Gasteiger partial charge in [-0.25, -0.2) is 9.97 Å². The summed E-state index contributed by atoms with van der Waals surface area (Å²) >= 11 is 1.66. The van der Waals surface area contributed by atoms with E-state index in [1.54, 1.807) is 25.5 Å². The lowest BCUT2D eigenvalue weighted by Crippen LogP contribution is -2.17. The maximum absolute atomic E-state index is 11.9. The molecule has 0 spiro atoms. The molecule has 0 radical (unpaired) electrons. The van der Waals surface area contributed by atoms with Crippen molar-refractivity contribution in [3.63, 3.8) is 0 Å². The smallest absolute Gasteiger partial charge is 0.251 e. The predicted octanol–water partition coefficient (Wildman–Crippen LogP) is 3.53. The summed E-state index contributed by atoms with van der Waals surface area (Å²) in [4.78, 5) is 23.0. The van der Waals surface area contributed by atoms with E-state index >= 15 is 0 Å². The highest BCUT2D eigenvalue weighted by atomic mass is 32.1. The topological polar surface area (TPSA) is 74.0 Å². The molecule has 8 heteroatoms. The van der Waals surface area contributed by atoms with E-state index in [0.717, 1.165) is 33.4 Å². The summed E-state index contributed by atoms with van der Waals surface area (Å²) in [5, 5.41) is 2.67. The van der Waals surface area contributed by atoms with Crippen molar-refractivity contribution in [1.82, 2.24) is 24.4 Å². The molecule has 0 aliphatic carbocycles. The SMILES string of the molecule is CNC(=O)c1cccc(-c2ccc(-c3nccn3Cc3cncn3CCOC)s2)c1. The van der Waals surface area contributed by atoms with Gasteiger partial charge in [0, 0.05) is 49.7 Å². The van der Waals surface area contributed by atoms with Crippen LogP contribution in [0.1, 0.15) is 16.1 Å². The first-order chi connectivity index (χ1) is 14.7. The van der Waals surface area contributed by atoms with Crippen molar-refractivity contribution >= 4 is 17.2 Å². The normalized spacial score (nSPS) is 11.0. The lowest BCUT2D eigenvalue weighted by atomic mass is 10.1. The molecule has 0 saturated carbocycles. The van der Waals surface area contributed by atoms with Gasteiger partial charge < -0.3 is 19.2 Å². The Balaban J connectivity index is 1.58. The number of rotatable bonds is 8. The molecule has 0 unspecified atom stereocenters. The number of carbonyl (C=O) groups excluding carboxylic acids is 1. The first kappa shape index (κ1) is 20.1. The predicted molar refractivity (Wildman–Crippen MR) is 118 cm³/mol. The van der Waals surface area contributed by atoms with Crippen LogP contribution in [0.15, 0.2) is 61.3 Å². The largest absolute Gasteiger partial charge is 0.383 e. The summed E-state index contributed by atoms with van der Waals surface area (Å²) in [6, 6.07) is 11.8. The van der Waals surface area contributed by atoms with Crippen LogP contribution >= 0.6 is 11.3 Å².